The minimum atomic E-state index is -3.65. The summed E-state index contributed by atoms with van der Waals surface area (Å²) >= 11 is 1.33. The van der Waals surface area contributed by atoms with Crippen LogP contribution in [0.1, 0.15) is 13.8 Å². The molecule has 0 unspecified atom stereocenters. The van der Waals surface area contributed by atoms with Crippen molar-refractivity contribution in [2.24, 2.45) is 0 Å². The Balaban J connectivity index is 1.54. The molecule has 176 valence electrons. The number of carbonyl (C=O) groups is 1. The molecule has 1 amide bonds. The summed E-state index contributed by atoms with van der Waals surface area (Å²) in [5, 5.41) is 2.68. The van der Waals surface area contributed by atoms with Crippen molar-refractivity contribution in [1.82, 2.24) is 13.9 Å². The summed E-state index contributed by atoms with van der Waals surface area (Å²) in [4.78, 5) is 31.0. The fourth-order valence-corrected chi connectivity index (χ4v) is 6.17. The van der Waals surface area contributed by atoms with Crippen molar-refractivity contribution in [1.29, 1.82) is 0 Å². The molecule has 0 radical (unpaired) electrons. The first-order valence-corrected chi connectivity index (χ1v) is 13.0. The zero-order valence-electron chi connectivity index (χ0n) is 18.8. The van der Waals surface area contributed by atoms with Crippen LogP contribution in [0.15, 0.2) is 76.7 Å². The Kier molecular flexibility index (Phi) is 6.92. The molecule has 0 saturated heterocycles. The van der Waals surface area contributed by atoms with Gasteiger partial charge in [-0.15, -0.1) is 11.3 Å². The zero-order valence-corrected chi connectivity index (χ0v) is 20.4. The predicted octanol–water partition coefficient (Wildman–Crippen LogP) is 3.79. The van der Waals surface area contributed by atoms with Crippen LogP contribution in [0.25, 0.3) is 20.7 Å². The molecule has 0 saturated carbocycles. The summed E-state index contributed by atoms with van der Waals surface area (Å²) in [6, 6.07) is 17.7. The molecule has 34 heavy (non-hydrogen) atoms. The lowest BCUT2D eigenvalue weighted by molar-refractivity contribution is -0.116. The second-order valence-corrected chi connectivity index (χ2v) is 10.5. The monoisotopic (exact) mass is 496 g/mol. The SMILES string of the molecule is CCN(CC)S(=O)(=O)c1cccc(NC(=O)Cn2cnc3cc(-c4ccccc4)sc3c2=O)c1. The van der Waals surface area contributed by atoms with Crippen LogP contribution in [-0.2, 0) is 21.4 Å². The van der Waals surface area contributed by atoms with Gasteiger partial charge in [0.25, 0.3) is 5.56 Å². The molecule has 2 heterocycles. The van der Waals surface area contributed by atoms with Crippen LogP contribution in [0, 0.1) is 0 Å². The smallest absolute Gasteiger partial charge is 0.271 e. The fraction of sp³-hybridized carbons (Fsp3) is 0.208. The number of hydrogen-bond acceptors (Lipinski definition) is 6. The van der Waals surface area contributed by atoms with E-state index in [0.717, 1.165) is 10.4 Å². The fourth-order valence-electron chi connectivity index (χ4n) is 3.60. The Morgan fingerprint density at radius 3 is 2.50 bits per heavy atom. The van der Waals surface area contributed by atoms with E-state index in [1.165, 1.54) is 38.7 Å². The molecule has 0 spiro atoms. The largest absolute Gasteiger partial charge is 0.324 e. The zero-order chi connectivity index (χ0) is 24.3. The molecule has 8 nitrogen and oxygen atoms in total. The summed E-state index contributed by atoms with van der Waals surface area (Å²) in [6.07, 6.45) is 1.35. The average molecular weight is 497 g/mol. The molecular weight excluding hydrogens is 472 g/mol. The number of hydrogen-bond donors (Lipinski definition) is 1. The molecule has 0 fully saturated rings. The van der Waals surface area contributed by atoms with Crippen LogP contribution >= 0.6 is 11.3 Å². The highest BCUT2D eigenvalue weighted by molar-refractivity contribution is 7.89. The Morgan fingerprint density at radius 1 is 1.06 bits per heavy atom. The summed E-state index contributed by atoms with van der Waals surface area (Å²) in [7, 11) is -3.65. The van der Waals surface area contributed by atoms with Crippen LogP contribution in [-0.4, -0.2) is 41.3 Å². The van der Waals surface area contributed by atoms with Crippen LogP contribution in [0.2, 0.25) is 0 Å². The second-order valence-electron chi connectivity index (χ2n) is 7.53. The van der Waals surface area contributed by atoms with Crippen molar-refractivity contribution < 1.29 is 13.2 Å². The lowest BCUT2D eigenvalue weighted by atomic mass is 10.2. The van der Waals surface area contributed by atoms with E-state index in [1.54, 1.807) is 26.0 Å². The topological polar surface area (TPSA) is 101 Å². The normalized spacial score (nSPS) is 11.7. The highest BCUT2D eigenvalue weighted by Gasteiger charge is 2.22. The molecule has 0 atom stereocenters. The molecule has 0 aliphatic heterocycles. The molecule has 2 aromatic carbocycles. The summed E-state index contributed by atoms with van der Waals surface area (Å²) in [5.74, 6) is -0.458. The summed E-state index contributed by atoms with van der Waals surface area (Å²) < 4.78 is 28.6. The Labute approximate surface area is 201 Å². The molecule has 4 rings (SSSR count). The number of benzene rings is 2. The lowest BCUT2D eigenvalue weighted by Gasteiger charge is -2.18. The first kappa shape index (κ1) is 23.8. The molecule has 1 N–H and O–H groups in total. The second kappa shape index (κ2) is 9.88. The average Bonchev–Trinajstić information content (AvgIpc) is 3.28. The maximum atomic E-state index is 13.0. The molecule has 0 aliphatic rings. The standard InChI is InChI=1S/C24H24N4O4S2/c1-3-28(4-2)34(31,32)19-12-8-11-18(13-19)26-22(29)15-27-16-25-20-14-21(33-23(20)24(27)30)17-9-6-5-7-10-17/h5-14,16H,3-4,15H2,1-2H3,(H,26,29). The molecule has 0 aliphatic carbocycles. The maximum absolute atomic E-state index is 13.0. The summed E-state index contributed by atoms with van der Waals surface area (Å²) in [5.41, 5.74) is 1.61. The molecule has 4 aromatic rings. The quantitative estimate of drug-likeness (QED) is 0.400. The van der Waals surface area contributed by atoms with Gasteiger partial charge in [0, 0.05) is 23.7 Å². The van der Waals surface area contributed by atoms with E-state index in [0.29, 0.717) is 29.0 Å². The van der Waals surface area contributed by atoms with E-state index in [4.69, 9.17) is 0 Å². The van der Waals surface area contributed by atoms with E-state index in [1.807, 2.05) is 36.4 Å². The number of fused-ring (bicyclic) bond motifs is 1. The van der Waals surface area contributed by atoms with Gasteiger partial charge in [0.15, 0.2) is 0 Å². The minimum absolute atomic E-state index is 0.0984. The van der Waals surface area contributed by atoms with Gasteiger partial charge in [-0.25, -0.2) is 13.4 Å². The minimum Gasteiger partial charge on any atom is -0.324 e. The molecule has 0 bridgehead atoms. The van der Waals surface area contributed by atoms with Crippen LogP contribution in [0.5, 0.6) is 0 Å². The van der Waals surface area contributed by atoms with Crippen molar-refractivity contribution in [2.75, 3.05) is 18.4 Å². The lowest BCUT2D eigenvalue weighted by Crippen LogP contribution is -2.30. The first-order valence-electron chi connectivity index (χ1n) is 10.8. The van der Waals surface area contributed by atoms with Crippen molar-refractivity contribution in [3.05, 3.63) is 77.3 Å². The number of rotatable bonds is 8. The van der Waals surface area contributed by atoms with E-state index < -0.39 is 15.9 Å². The van der Waals surface area contributed by atoms with Crippen LogP contribution < -0.4 is 10.9 Å². The van der Waals surface area contributed by atoms with Gasteiger partial charge in [-0.05, 0) is 29.8 Å². The van der Waals surface area contributed by atoms with Crippen molar-refractivity contribution in [3.63, 3.8) is 0 Å². The number of nitrogens with zero attached hydrogens (tertiary/aromatic N) is 3. The van der Waals surface area contributed by atoms with E-state index in [2.05, 4.69) is 10.3 Å². The molecule has 2 aromatic heterocycles. The van der Waals surface area contributed by atoms with Crippen molar-refractivity contribution >= 4 is 43.2 Å². The maximum Gasteiger partial charge on any atom is 0.271 e. The van der Waals surface area contributed by atoms with Gasteiger partial charge in [0.1, 0.15) is 11.2 Å². The number of nitrogens with one attached hydrogen (secondary N) is 1. The molecule has 10 heteroatoms. The highest BCUT2D eigenvalue weighted by atomic mass is 32.2. The highest BCUT2D eigenvalue weighted by Crippen LogP contribution is 2.30. The third-order valence-electron chi connectivity index (χ3n) is 5.34. The number of thiophene rings is 1. The van der Waals surface area contributed by atoms with Gasteiger partial charge in [-0.3, -0.25) is 14.2 Å². The Bertz CT molecular complexity index is 1490. The number of amides is 1. The molecular formula is C24H24N4O4S2. The number of aromatic nitrogens is 2. The number of sulfonamides is 1. The van der Waals surface area contributed by atoms with Gasteiger partial charge >= 0.3 is 0 Å². The van der Waals surface area contributed by atoms with E-state index in [9.17, 15) is 18.0 Å². The van der Waals surface area contributed by atoms with Gasteiger partial charge in [0.2, 0.25) is 15.9 Å². The number of anilines is 1. The Hall–Kier alpha value is -3.34. The van der Waals surface area contributed by atoms with Gasteiger partial charge in [-0.1, -0.05) is 50.2 Å². The van der Waals surface area contributed by atoms with Crippen LogP contribution in [0.4, 0.5) is 5.69 Å². The predicted molar refractivity (Wildman–Crippen MR) is 134 cm³/mol. The van der Waals surface area contributed by atoms with E-state index in [-0.39, 0.29) is 17.0 Å². The third kappa shape index (κ3) is 4.79. The van der Waals surface area contributed by atoms with E-state index >= 15 is 0 Å². The third-order valence-corrected chi connectivity index (χ3v) is 8.54. The van der Waals surface area contributed by atoms with Crippen molar-refractivity contribution in [2.45, 2.75) is 25.3 Å². The van der Waals surface area contributed by atoms with Gasteiger partial charge in [0.05, 0.1) is 16.7 Å². The number of carbonyl (C=O) groups excluding carboxylic acids is 1. The first-order chi connectivity index (χ1) is 16.3. The van der Waals surface area contributed by atoms with Gasteiger partial charge in [-0.2, -0.15) is 4.31 Å². The summed E-state index contributed by atoms with van der Waals surface area (Å²) in [6.45, 7) is 4.00. The van der Waals surface area contributed by atoms with Crippen molar-refractivity contribution in [3.8, 4) is 10.4 Å². The van der Waals surface area contributed by atoms with Crippen LogP contribution in [0.3, 0.4) is 0 Å². The van der Waals surface area contributed by atoms with Gasteiger partial charge < -0.3 is 5.32 Å². The Morgan fingerprint density at radius 2 is 1.79 bits per heavy atom.